The SMILES string of the molecule is COc1cc(/C=C/C(=O)c2ccc(-c3ccccc3)cc2)ccc1OC(=O)N(c1ccccc1)c1ccccc1. The van der Waals surface area contributed by atoms with E-state index in [2.05, 4.69) is 0 Å². The Bertz CT molecular complexity index is 1570. The fourth-order valence-electron chi connectivity index (χ4n) is 4.25. The number of rotatable bonds is 8. The maximum Gasteiger partial charge on any atom is 0.424 e. The van der Waals surface area contributed by atoms with Crippen LogP contribution in [0.5, 0.6) is 11.5 Å². The van der Waals surface area contributed by atoms with Gasteiger partial charge in [0.05, 0.1) is 18.5 Å². The second-order valence-electron chi connectivity index (χ2n) is 8.93. The van der Waals surface area contributed by atoms with Gasteiger partial charge in [0.2, 0.25) is 0 Å². The number of hydrogen-bond acceptors (Lipinski definition) is 4. The predicted octanol–water partition coefficient (Wildman–Crippen LogP) is 8.60. The highest BCUT2D eigenvalue weighted by Gasteiger charge is 2.21. The molecule has 0 saturated heterocycles. The van der Waals surface area contributed by atoms with Gasteiger partial charge in [-0.25, -0.2) is 9.69 Å². The number of carbonyl (C=O) groups excluding carboxylic acids is 2. The van der Waals surface area contributed by atoms with Gasteiger partial charge in [-0.15, -0.1) is 0 Å². The van der Waals surface area contributed by atoms with E-state index in [9.17, 15) is 9.59 Å². The van der Waals surface area contributed by atoms with E-state index in [1.165, 1.54) is 18.1 Å². The summed E-state index contributed by atoms with van der Waals surface area (Å²) in [5, 5.41) is 0. The van der Waals surface area contributed by atoms with Crippen LogP contribution < -0.4 is 14.4 Å². The minimum absolute atomic E-state index is 0.115. The molecule has 0 bridgehead atoms. The van der Waals surface area contributed by atoms with Crippen LogP contribution >= 0.6 is 0 Å². The Morgan fingerprint density at radius 1 is 0.625 bits per heavy atom. The van der Waals surface area contributed by atoms with Crippen LogP contribution in [0.3, 0.4) is 0 Å². The van der Waals surface area contributed by atoms with Crippen LogP contribution in [0.15, 0.2) is 140 Å². The Morgan fingerprint density at radius 3 is 1.75 bits per heavy atom. The van der Waals surface area contributed by atoms with Crippen molar-refractivity contribution in [1.82, 2.24) is 0 Å². The lowest BCUT2D eigenvalue weighted by Gasteiger charge is -2.22. The molecule has 5 aromatic rings. The van der Waals surface area contributed by atoms with Crippen molar-refractivity contribution in [2.24, 2.45) is 0 Å². The summed E-state index contributed by atoms with van der Waals surface area (Å²) >= 11 is 0. The molecule has 0 fully saturated rings. The number of benzene rings is 5. The summed E-state index contributed by atoms with van der Waals surface area (Å²) in [4.78, 5) is 27.6. The van der Waals surface area contributed by atoms with E-state index in [-0.39, 0.29) is 11.5 Å². The second kappa shape index (κ2) is 12.4. The van der Waals surface area contributed by atoms with E-state index in [1.54, 1.807) is 24.3 Å². The molecule has 0 saturated carbocycles. The number of para-hydroxylation sites is 2. The third-order valence-corrected chi connectivity index (χ3v) is 6.30. The molecule has 40 heavy (non-hydrogen) atoms. The Balaban J connectivity index is 1.31. The number of hydrogen-bond donors (Lipinski definition) is 0. The minimum Gasteiger partial charge on any atom is -0.493 e. The van der Waals surface area contributed by atoms with Gasteiger partial charge in [-0.2, -0.15) is 0 Å². The summed E-state index contributed by atoms with van der Waals surface area (Å²) in [6.07, 6.45) is 2.65. The van der Waals surface area contributed by atoms with Crippen LogP contribution in [0, 0.1) is 0 Å². The van der Waals surface area contributed by atoms with E-state index in [4.69, 9.17) is 9.47 Å². The first-order valence-corrected chi connectivity index (χ1v) is 12.8. The number of nitrogens with zero attached hydrogens (tertiary/aromatic N) is 1. The van der Waals surface area contributed by atoms with E-state index < -0.39 is 6.09 Å². The van der Waals surface area contributed by atoms with Crippen LogP contribution in [0.2, 0.25) is 0 Å². The first-order chi connectivity index (χ1) is 19.6. The summed E-state index contributed by atoms with van der Waals surface area (Å²) < 4.78 is 11.3. The monoisotopic (exact) mass is 525 g/mol. The van der Waals surface area contributed by atoms with E-state index >= 15 is 0 Å². The Morgan fingerprint density at radius 2 is 1.18 bits per heavy atom. The summed E-state index contributed by atoms with van der Waals surface area (Å²) in [5.74, 6) is 0.524. The Hall–Kier alpha value is -5.42. The molecule has 0 atom stereocenters. The van der Waals surface area contributed by atoms with Crippen LogP contribution in [0.25, 0.3) is 17.2 Å². The van der Waals surface area contributed by atoms with Crippen LogP contribution in [-0.2, 0) is 0 Å². The smallest absolute Gasteiger partial charge is 0.424 e. The summed E-state index contributed by atoms with van der Waals surface area (Å²) in [6.45, 7) is 0. The van der Waals surface area contributed by atoms with Crippen LogP contribution in [0.1, 0.15) is 15.9 Å². The van der Waals surface area contributed by atoms with Crippen molar-refractivity contribution in [3.05, 3.63) is 151 Å². The number of methoxy groups -OCH3 is 1. The van der Waals surface area contributed by atoms with Crippen molar-refractivity contribution in [3.63, 3.8) is 0 Å². The fourth-order valence-corrected chi connectivity index (χ4v) is 4.25. The molecule has 5 aromatic carbocycles. The summed E-state index contributed by atoms with van der Waals surface area (Å²) in [5.41, 5.74) is 4.82. The van der Waals surface area contributed by atoms with Gasteiger partial charge in [0.15, 0.2) is 17.3 Å². The molecule has 0 aliphatic carbocycles. The van der Waals surface area contributed by atoms with Gasteiger partial charge in [-0.05, 0) is 59.2 Å². The molecule has 0 heterocycles. The summed E-state index contributed by atoms with van der Waals surface area (Å²) in [7, 11) is 1.51. The second-order valence-corrected chi connectivity index (χ2v) is 8.93. The topological polar surface area (TPSA) is 55.8 Å². The van der Waals surface area contributed by atoms with Gasteiger partial charge in [-0.3, -0.25) is 4.79 Å². The van der Waals surface area contributed by atoms with Crippen molar-refractivity contribution in [2.45, 2.75) is 0 Å². The van der Waals surface area contributed by atoms with Gasteiger partial charge >= 0.3 is 6.09 Å². The minimum atomic E-state index is -0.576. The molecule has 0 radical (unpaired) electrons. The number of ketones is 1. The lowest BCUT2D eigenvalue weighted by atomic mass is 10.0. The standard InChI is InChI=1S/C35H27NO4/c1-39-34-25-26(17-23-32(37)29-21-19-28(20-22-29)27-11-5-2-6-12-27)18-24-33(34)40-35(38)36(30-13-7-3-8-14-30)31-15-9-4-10-16-31/h2-25H,1H3/b23-17+. The highest BCUT2D eigenvalue weighted by Crippen LogP contribution is 2.32. The third-order valence-electron chi connectivity index (χ3n) is 6.30. The molecule has 0 aliphatic heterocycles. The highest BCUT2D eigenvalue weighted by molar-refractivity contribution is 6.07. The molecule has 0 aromatic heterocycles. The zero-order chi connectivity index (χ0) is 27.7. The van der Waals surface area contributed by atoms with Gasteiger partial charge in [0.25, 0.3) is 0 Å². The number of carbonyl (C=O) groups is 2. The molecule has 0 spiro atoms. The fraction of sp³-hybridized carbons (Fsp3) is 0.0286. The largest absolute Gasteiger partial charge is 0.493 e. The van der Waals surface area contributed by atoms with Crippen LogP contribution in [0.4, 0.5) is 16.2 Å². The molecule has 0 unspecified atom stereocenters. The van der Waals surface area contributed by atoms with Crippen molar-refractivity contribution >= 4 is 29.3 Å². The summed E-state index contributed by atoms with van der Waals surface area (Å²) in [6, 6.07) is 41.3. The zero-order valence-electron chi connectivity index (χ0n) is 21.9. The molecular weight excluding hydrogens is 498 g/mol. The first-order valence-electron chi connectivity index (χ1n) is 12.8. The molecule has 196 valence electrons. The lowest BCUT2D eigenvalue weighted by molar-refractivity contribution is 0.104. The molecule has 1 amide bonds. The van der Waals surface area contributed by atoms with Gasteiger partial charge in [-0.1, -0.05) is 103 Å². The highest BCUT2D eigenvalue weighted by atomic mass is 16.6. The van der Waals surface area contributed by atoms with Gasteiger partial charge in [0, 0.05) is 5.56 Å². The predicted molar refractivity (Wildman–Crippen MR) is 159 cm³/mol. The Kier molecular flexibility index (Phi) is 8.13. The van der Waals surface area contributed by atoms with Gasteiger partial charge < -0.3 is 9.47 Å². The normalized spacial score (nSPS) is 10.7. The third kappa shape index (κ3) is 6.17. The zero-order valence-corrected chi connectivity index (χ0v) is 21.9. The average Bonchev–Trinajstić information content (AvgIpc) is 3.02. The van der Waals surface area contributed by atoms with E-state index in [0.29, 0.717) is 22.7 Å². The number of ether oxygens (including phenoxy) is 2. The molecule has 0 aliphatic rings. The number of amides is 1. The van der Waals surface area contributed by atoms with Crippen LogP contribution in [-0.4, -0.2) is 19.0 Å². The van der Waals surface area contributed by atoms with E-state index in [1.807, 2.05) is 115 Å². The lowest BCUT2D eigenvalue weighted by Crippen LogP contribution is -2.29. The van der Waals surface area contributed by atoms with Gasteiger partial charge in [0.1, 0.15) is 0 Å². The molecule has 5 heteroatoms. The maximum atomic E-state index is 13.3. The average molecular weight is 526 g/mol. The van der Waals surface area contributed by atoms with Crippen molar-refractivity contribution in [3.8, 4) is 22.6 Å². The molecule has 5 nitrogen and oxygen atoms in total. The molecule has 0 N–H and O–H groups in total. The Labute approximate surface area is 233 Å². The van der Waals surface area contributed by atoms with Crippen molar-refractivity contribution < 1.29 is 19.1 Å². The maximum absolute atomic E-state index is 13.3. The van der Waals surface area contributed by atoms with Crippen molar-refractivity contribution in [1.29, 1.82) is 0 Å². The molecular formula is C35H27NO4. The van der Waals surface area contributed by atoms with Crippen molar-refractivity contribution in [2.75, 3.05) is 12.0 Å². The molecule has 5 rings (SSSR count). The first kappa shape index (κ1) is 26.2. The number of anilines is 2. The quantitative estimate of drug-likeness (QED) is 0.150. The van der Waals surface area contributed by atoms with E-state index in [0.717, 1.165) is 16.7 Å². The number of allylic oxidation sites excluding steroid dienone is 1.